The number of likely N-dealkylation sites (N-methyl/N-ethyl adjacent to an activating group) is 1. The highest BCUT2D eigenvalue weighted by Crippen LogP contribution is 2.14. The van der Waals surface area contributed by atoms with Gasteiger partial charge in [-0.15, -0.1) is 0 Å². The number of carbonyl (C=O) groups is 3. The van der Waals surface area contributed by atoms with E-state index in [0.717, 1.165) is 109 Å². The fourth-order valence-corrected chi connectivity index (χ4v) is 6.31. The van der Waals surface area contributed by atoms with Gasteiger partial charge in [0.1, 0.15) is 13.2 Å². The van der Waals surface area contributed by atoms with Crippen LogP contribution in [0.1, 0.15) is 181 Å². The van der Waals surface area contributed by atoms with E-state index in [2.05, 4.69) is 98.9 Å². The number of unbranched alkanes of at least 4 members (excludes halogenated alkanes) is 15. The monoisotopic (exact) mass is 883 g/mol. The highest BCUT2D eigenvalue weighted by Gasteiger charge is 2.25. The van der Waals surface area contributed by atoms with Crippen molar-refractivity contribution in [3.8, 4) is 0 Å². The molecule has 63 heavy (non-hydrogen) atoms. The van der Waals surface area contributed by atoms with Crippen LogP contribution in [0.3, 0.4) is 0 Å². The Hall–Kier alpha value is -3.53. The predicted octanol–water partition coefficient (Wildman–Crippen LogP) is 13.7. The highest BCUT2D eigenvalue weighted by atomic mass is 16.7. The fourth-order valence-electron chi connectivity index (χ4n) is 6.31. The van der Waals surface area contributed by atoms with Crippen LogP contribution in [0.2, 0.25) is 0 Å². The number of carbonyl (C=O) groups excluding carboxylic acids is 2. The summed E-state index contributed by atoms with van der Waals surface area (Å²) in [6.07, 6.45) is 55.0. The molecule has 0 aromatic rings. The second-order valence-electron chi connectivity index (χ2n) is 17.4. The van der Waals surface area contributed by atoms with E-state index in [9.17, 15) is 19.5 Å². The van der Waals surface area contributed by atoms with Gasteiger partial charge in [0, 0.05) is 12.8 Å². The molecule has 0 aromatic carbocycles. The molecule has 0 saturated heterocycles. The third-order valence-electron chi connectivity index (χ3n) is 10.1. The molecule has 0 fully saturated rings. The van der Waals surface area contributed by atoms with E-state index in [1.807, 2.05) is 21.1 Å². The summed E-state index contributed by atoms with van der Waals surface area (Å²) in [5.74, 6) is -2.04. The van der Waals surface area contributed by atoms with Gasteiger partial charge in [-0.3, -0.25) is 9.59 Å². The zero-order valence-corrected chi connectivity index (χ0v) is 40.7. The van der Waals surface area contributed by atoms with E-state index in [0.29, 0.717) is 17.4 Å². The van der Waals surface area contributed by atoms with Crippen LogP contribution in [0.4, 0.5) is 0 Å². The smallest absolute Gasteiger partial charge is 0.361 e. The first-order chi connectivity index (χ1) is 30.6. The second kappa shape index (κ2) is 45.1. The van der Waals surface area contributed by atoms with Crippen molar-refractivity contribution in [1.82, 2.24) is 0 Å². The Kier molecular flexibility index (Phi) is 42.5. The number of rotatable bonds is 44. The van der Waals surface area contributed by atoms with Gasteiger partial charge in [-0.1, -0.05) is 170 Å². The van der Waals surface area contributed by atoms with Gasteiger partial charge in [0.2, 0.25) is 0 Å². The summed E-state index contributed by atoms with van der Waals surface area (Å²) in [5, 5.41) is 9.65. The number of hydrogen-bond donors (Lipinski definition) is 1. The zero-order valence-electron chi connectivity index (χ0n) is 40.7. The van der Waals surface area contributed by atoms with Crippen LogP contribution in [-0.4, -0.2) is 87.4 Å². The zero-order chi connectivity index (χ0) is 46.3. The SMILES string of the molecule is CC/C=C\C/C=C\C/C=C\C/C=C\C/C=C\CCCCCCCCCCCC(=O)OC(COC(=O)CCCCCCC/C=C\C/C=C\CCC)COC(OCC[N+](C)(C)C)C(=O)O. The lowest BCUT2D eigenvalue weighted by atomic mass is 10.1. The molecule has 9 nitrogen and oxygen atoms in total. The van der Waals surface area contributed by atoms with Crippen molar-refractivity contribution in [2.24, 2.45) is 0 Å². The number of nitrogens with zero attached hydrogens (tertiary/aromatic N) is 1. The summed E-state index contributed by atoms with van der Waals surface area (Å²) >= 11 is 0. The summed E-state index contributed by atoms with van der Waals surface area (Å²) in [5.41, 5.74) is 0. The summed E-state index contributed by atoms with van der Waals surface area (Å²) in [7, 11) is 5.94. The maximum Gasteiger partial charge on any atom is 0.361 e. The van der Waals surface area contributed by atoms with Crippen LogP contribution in [0.15, 0.2) is 85.1 Å². The van der Waals surface area contributed by atoms with E-state index in [1.165, 1.54) is 38.5 Å². The molecule has 2 atom stereocenters. The molecule has 0 radical (unpaired) electrons. The molecule has 0 aliphatic carbocycles. The molecular formula is C54H92NO8+. The van der Waals surface area contributed by atoms with Crippen molar-refractivity contribution >= 4 is 17.9 Å². The normalized spacial score (nSPS) is 13.6. The van der Waals surface area contributed by atoms with Gasteiger partial charge in [-0.25, -0.2) is 4.79 Å². The van der Waals surface area contributed by atoms with Crippen molar-refractivity contribution in [3.05, 3.63) is 85.1 Å². The molecule has 0 amide bonds. The van der Waals surface area contributed by atoms with Crippen molar-refractivity contribution in [2.75, 3.05) is 47.5 Å². The minimum Gasteiger partial charge on any atom is -0.477 e. The van der Waals surface area contributed by atoms with Gasteiger partial charge in [0.25, 0.3) is 6.29 Å². The van der Waals surface area contributed by atoms with Crippen molar-refractivity contribution < 1.29 is 42.9 Å². The first-order valence-electron chi connectivity index (χ1n) is 24.8. The van der Waals surface area contributed by atoms with Gasteiger partial charge in [-0.2, -0.15) is 0 Å². The van der Waals surface area contributed by atoms with Gasteiger partial charge in [0.15, 0.2) is 6.10 Å². The molecule has 0 heterocycles. The largest absolute Gasteiger partial charge is 0.477 e. The standard InChI is InChI=1S/C54H91NO8/c1-6-8-10-12-14-16-18-20-21-22-23-24-25-26-27-28-29-30-31-33-35-37-39-41-43-45-52(57)63-50(49-62-54(53(58)59)60-47-46-55(3,4)5)48-61-51(56)44-42-40-38-36-34-32-19-17-15-13-11-9-7-2/h8,10-11,13-14,16-17,19-21,23-24,26-27,50,54H,6-7,9,12,15,18,22,25,28-49H2,1-5H3/p+1/b10-8-,13-11-,16-14-,19-17-,21-20-,24-23-,27-26-. The van der Waals surface area contributed by atoms with E-state index < -0.39 is 24.3 Å². The summed E-state index contributed by atoms with van der Waals surface area (Å²) in [4.78, 5) is 37.2. The maximum absolute atomic E-state index is 12.8. The molecule has 360 valence electrons. The fraction of sp³-hybridized carbons (Fsp3) is 0.685. The van der Waals surface area contributed by atoms with E-state index >= 15 is 0 Å². The first-order valence-corrected chi connectivity index (χ1v) is 24.8. The number of esters is 2. The van der Waals surface area contributed by atoms with E-state index in [-0.39, 0.29) is 38.6 Å². The Balaban J connectivity index is 4.35. The summed E-state index contributed by atoms with van der Waals surface area (Å²) < 4.78 is 22.7. The van der Waals surface area contributed by atoms with Crippen molar-refractivity contribution in [3.63, 3.8) is 0 Å². The van der Waals surface area contributed by atoms with E-state index in [4.69, 9.17) is 18.9 Å². The number of allylic oxidation sites excluding steroid dienone is 14. The molecule has 9 heteroatoms. The van der Waals surface area contributed by atoms with Crippen LogP contribution < -0.4 is 0 Å². The number of carboxylic acids is 1. The molecule has 0 spiro atoms. The number of aliphatic carboxylic acids is 1. The maximum atomic E-state index is 12.8. The van der Waals surface area contributed by atoms with Gasteiger partial charge >= 0.3 is 17.9 Å². The third kappa shape index (κ3) is 46.3. The van der Waals surface area contributed by atoms with Crippen molar-refractivity contribution in [2.45, 2.75) is 193 Å². The Morgan fingerprint density at radius 2 is 0.905 bits per heavy atom. The van der Waals surface area contributed by atoms with Crippen LogP contribution in [0, 0.1) is 0 Å². The molecule has 0 aromatic heterocycles. The minimum absolute atomic E-state index is 0.180. The Morgan fingerprint density at radius 1 is 0.492 bits per heavy atom. The first kappa shape index (κ1) is 59.5. The highest BCUT2D eigenvalue weighted by molar-refractivity contribution is 5.71. The van der Waals surface area contributed by atoms with E-state index in [1.54, 1.807) is 0 Å². The average Bonchev–Trinajstić information content (AvgIpc) is 3.24. The third-order valence-corrected chi connectivity index (χ3v) is 10.1. The second-order valence-corrected chi connectivity index (χ2v) is 17.4. The van der Waals surface area contributed by atoms with Gasteiger partial charge in [-0.05, 0) is 83.5 Å². The number of carboxylic acid groups (broad SMARTS) is 1. The van der Waals surface area contributed by atoms with Gasteiger partial charge in [0.05, 0.1) is 34.4 Å². The lowest BCUT2D eigenvalue weighted by Gasteiger charge is -2.25. The molecular weight excluding hydrogens is 791 g/mol. The van der Waals surface area contributed by atoms with Crippen LogP contribution >= 0.6 is 0 Å². The number of ether oxygens (including phenoxy) is 4. The number of quaternary nitrogens is 1. The molecule has 0 aliphatic rings. The molecule has 0 aliphatic heterocycles. The van der Waals surface area contributed by atoms with Crippen molar-refractivity contribution in [1.29, 1.82) is 0 Å². The quantitative estimate of drug-likeness (QED) is 0.0212. The Labute approximate surface area is 385 Å². The lowest BCUT2D eigenvalue weighted by molar-refractivity contribution is -0.870. The van der Waals surface area contributed by atoms with Crippen LogP contribution in [0.25, 0.3) is 0 Å². The predicted molar refractivity (Wildman–Crippen MR) is 262 cm³/mol. The molecule has 0 bridgehead atoms. The molecule has 2 unspecified atom stereocenters. The Morgan fingerprint density at radius 3 is 1.35 bits per heavy atom. The summed E-state index contributed by atoms with van der Waals surface area (Å²) in [6.45, 7) is 4.65. The van der Waals surface area contributed by atoms with Crippen LogP contribution in [0.5, 0.6) is 0 Å². The summed E-state index contributed by atoms with van der Waals surface area (Å²) in [6, 6.07) is 0. The topological polar surface area (TPSA) is 108 Å². The number of hydrogen-bond acceptors (Lipinski definition) is 7. The Bertz CT molecular complexity index is 1300. The lowest BCUT2D eigenvalue weighted by Crippen LogP contribution is -2.40. The molecule has 0 rings (SSSR count). The average molecular weight is 883 g/mol. The minimum atomic E-state index is -1.52. The molecule has 0 saturated carbocycles. The van der Waals surface area contributed by atoms with Crippen LogP contribution in [-0.2, 0) is 33.3 Å². The molecule has 1 N–H and O–H groups in total. The van der Waals surface area contributed by atoms with Gasteiger partial charge < -0.3 is 28.5 Å².